The van der Waals surface area contributed by atoms with E-state index in [0.717, 1.165) is 44.1 Å². The summed E-state index contributed by atoms with van der Waals surface area (Å²) in [6, 6.07) is 0. The van der Waals surface area contributed by atoms with Crippen LogP contribution >= 0.6 is 0 Å². The van der Waals surface area contributed by atoms with Crippen LogP contribution in [-0.4, -0.2) is 282 Å². The van der Waals surface area contributed by atoms with E-state index in [2.05, 4.69) is 33.8 Å². The molecule has 7 aliphatic heterocycles. The van der Waals surface area contributed by atoms with Crippen LogP contribution in [0.5, 0.6) is 0 Å². The van der Waals surface area contributed by atoms with Crippen LogP contribution < -0.4 is 0 Å². The van der Waals surface area contributed by atoms with Crippen molar-refractivity contribution < 1.29 is 133 Å². The maximum absolute atomic E-state index is 12.0. The first-order chi connectivity index (χ1) is 39.0. The maximum Gasteiger partial charge on any atom is 0.187 e. The van der Waals surface area contributed by atoms with Crippen molar-refractivity contribution in [1.29, 1.82) is 0 Å². The highest BCUT2D eigenvalue weighted by Crippen LogP contribution is 2.71. The second-order valence-corrected chi connectivity index (χ2v) is 26.0. The summed E-state index contributed by atoms with van der Waals surface area (Å²) in [5.74, 6) is 1.77. The van der Waals surface area contributed by atoms with Gasteiger partial charge in [0.25, 0.3) is 0 Å². The predicted octanol–water partition coefficient (Wildman–Crippen LogP) is -4.92. The lowest BCUT2D eigenvalue weighted by Gasteiger charge is -2.59. The second-order valence-electron chi connectivity index (χ2n) is 26.0. The van der Waals surface area contributed by atoms with Crippen molar-refractivity contribution in [3.8, 4) is 0 Å². The molecule has 3 saturated carbocycles. The second kappa shape index (κ2) is 24.2. The van der Waals surface area contributed by atoms with E-state index >= 15 is 0 Å². The van der Waals surface area contributed by atoms with E-state index in [1.807, 2.05) is 0 Å². The summed E-state index contributed by atoms with van der Waals surface area (Å²) in [6.07, 6.45) is -35.3. The van der Waals surface area contributed by atoms with Gasteiger partial charge in [-0.25, -0.2) is 0 Å². The van der Waals surface area contributed by atoms with Gasteiger partial charge in [0.2, 0.25) is 0 Å². The van der Waals surface area contributed by atoms with E-state index in [0.29, 0.717) is 49.0 Å². The Labute approximate surface area is 474 Å². The molecule has 7 heterocycles. The van der Waals surface area contributed by atoms with Crippen molar-refractivity contribution in [2.24, 2.45) is 46.3 Å². The van der Waals surface area contributed by atoms with Gasteiger partial charge in [0.05, 0.1) is 58.0 Å². The van der Waals surface area contributed by atoms with Crippen molar-refractivity contribution in [2.75, 3.05) is 39.6 Å². The summed E-state index contributed by atoms with van der Waals surface area (Å²) in [6.45, 7) is 6.05. The summed E-state index contributed by atoms with van der Waals surface area (Å²) < 4.78 is 72.8. The zero-order valence-electron chi connectivity index (χ0n) is 46.6. The van der Waals surface area contributed by atoms with E-state index in [-0.39, 0.29) is 22.9 Å². The molecule has 0 aromatic rings. The number of aliphatic hydroxyl groups is 15. The van der Waals surface area contributed by atoms with Crippen LogP contribution in [0.1, 0.15) is 79.1 Å². The monoisotopic (exact) mass is 1180 g/mol. The standard InChI is InChI=1S/C55H88O27/c1-20-7-10-55(73-17-20)21(2)34-30(82-55)12-25-23-6-5-22-11-29(26(59)13-54(22,4)24(23)8-9-53(25,34)3)74-50-42(69)39(66)44(33(16-58)77-50)78-52-47(46(38(65)32(15-57)76-52)80-49-41(68)36(63)28(61)19-72-49)81-51-43(70)45(37(64)31(14-56)75-51)79-48-40(67)35(62)27(60)18-71-48/h5,20-21,23-52,56-70H,6-19H2,1-4H3/t20-,21+,23-,24+,25+,26-,27-,28-,29-,30+,31-,32-,33-,34+,35+,36+,37-,38-,39-,40-,41-,42-,43-,44+,45+,46+,47-,48+,49+,50-,51+,52+,53+,54+,55-/m1/s1. The third-order valence-electron chi connectivity index (χ3n) is 21.2. The molecule has 15 N–H and O–H groups in total. The highest BCUT2D eigenvalue weighted by Gasteiger charge is 2.69. The first-order valence-corrected chi connectivity index (χ1v) is 29.4. The fraction of sp³-hybridized carbons (Fsp3) is 0.964. The molecule has 0 unspecified atom stereocenters. The first-order valence-electron chi connectivity index (χ1n) is 29.4. The predicted molar refractivity (Wildman–Crippen MR) is 270 cm³/mol. The molecule has 27 nitrogen and oxygen atoms in total. The topological polar surface area (TPSA) is 414 Å². The molecular formula is C55H88O27. The van der Waals surface area contributed by atoms with Gasteiger partial charge in [-0.05, 0) is 85.4 Å². The Morgan fingerprint density at radius 3 is 1.72 bits per heavy atom. The lowest BCUT2D eigenvalue weighted by Crippen LogP contribution is -2.69. The van der Waals surface area contributed by atoms with Crippen LogP contribution in [0.25, 0.3) is 0 Å². The van der Waals surface area contributed by atoms with Crippen LogP contribution in [0.3, 0.4) is 0 Å². The number of hydrogen-bond donors (Lipinski definition) is 15. The Bertz CT molecular complexity index is 2190. The molecule has 11 aliphatic rings. The summed E-state index contributed by atoms with van der Waals surface area (Å²) >= 11 is 0. The number of rotatable bonds is 13. The third kappa shape index (κ3) is 10.8. The molecule has 35 atom stereocenters. The van der Waals surface area contributed by atoms with Crippen molar-refractivity contribution in [1.82, 2.24) is 0 Å². The Balaban J connectivity index is 0.800. The van der Waals surface area contributed by atoms with E-state index in [4.69, 9.17) is 56.8 Å². The molecule has 0 radical (unpaired) electrons. The van der Waals surface area contributed by atoms with Crippen LogP contribution in [0.2, 0.25) is 0 Å². The molecule has 0 bridgehead atoms. The maximum atomic E-state index is 12.0. The highest BCUT2D eigenvalue weighted by molar-refractivity contribution is 5.27. The normalized spacial score (nSPS) is 56.9. The van der Waals surface area contributed by atoms with Gasteiger partial charge in [-0.15, -0.1) is 0 Å². The van der Waals surface area contributed by atoms with E-state index in [9.17, 15) is 76.6 Å². The zero-order valence-corrected chi connectivity index (χ0v) is 46.6. The van der Waals surface area contributed by atoms with Crippen LogP contribution in [0.15, 0.2) is 11.6 Å². The minimum absolute atomic E-state index is 0.0785. The Morgan fingerprint density at radius 2 is 1.10 bits per heavy atom. The molecule has 0 aromatic heterocycles. The van der Waals surface area contributed by atoms with Crippen molar-refractivity contribution >= 4 is 0 Å². The van der Waals surface area contributed by atoms with Crippen molar-refractivity contribution in [3.63, 3.8) is 0 Å². The zero-order chi connectivity index (χ0) is 58.6. The average molecular weight is 1180 g/mol. The minimum Gasteiger partial charge on any atom is -0.394 e. The van der Waals surface area contributed by atoms with Gasteiger partial charge in [0.1, 0.15) is 110 Å². The summed E-state index contributed by atoms with van der Waals surface area (Å²) in [5, 5.41) is 165. The molecular weight excluding hydrogens is 1090 g/mol. The van der Waals surface area contributed by atoms with Gasteiger partial charge in [-0.2, -0.15) is 0 Å². The van der Waals surface area contributed by atoms with Gasteiger partial charge < -0.3 is 133 Å². The van der Waals surface area contributed by atoms with Crippen LogP contribution in [0.4, 0.5) is 0 Å². The van der Waals surface area contributed by atoms with Crippen molar-refractivity contribution in [2.45, 2.75) is 244 Å². The fourth-order valence-corrected chi connectivity index (χ4v) is 16.5. The number of aliphatic hydroxyl groups excluding tert-OH is 15. The highest BCUT2D eigenvalue weighted by atomic mass is 16.8. The molecule has 82 heavy (non-hydrogen) atoms. The third-order valence-corrected chi connectivity index (χ3v) is 21.2. The largest absolute Gasteiger partial charge is 0.394 e. The number of allylic oxidation sites excluding steroid dienone is 1. The van der Waals surface area contributed by atoms with Gasteiger partial charge in [-0.3, -0.25) is 0 Å². The smallest absolute Gasteiger partial charge is 0.187 e. The molecule has 0 aromatic carbocycles. The quantitative estimate of drug-likeness (QED) is 0.0769. The molecule has 10 fully saturated rings. The lowest BCUT2D eigenvalue weighted by atomic mass is 9.46. The molecule has 0 amide bonds. The lowest BCUT2D eigenvalue weighted by molar-refractivity contribution is -0.408. The fourth-order valence-electron chi connectivity index (χ4n) is 16.5. The average Bonchev–Trinajstić information content (AvgIpc) is 3.61. The SMILES string of the molecule is C[C@@H]1CC[C@@]2(OC1)O[C@H]1C[C@H]3[C@@H]4CC=C5C[C@@H](O[C@@H]6O[C@H](CO)[C@H](O[C@@H]7O[C@H](CO)[C@@H](O)[C@H](O[C@@H]8OC[C@@H](O)[C@H](O)[C@H]8O)[C@H]7O[C@@H]7O[C@H](CO)[C@@H](O)[C@H](O[C@@H]8OC[C@@H](O)[C@H](O)[C@H]8O)[C@H]7O)[C@H](O)[C@H]6O)[C@H](O)C[C@]5(C)[C@H]4CC[C@]3(C)[C@H]1[C@@H]2C. The Morgan fingerprint density at radius 1 is 0.537 bits per heavy atom. The van der Waals surface area contributed by atoms with E-state index in [1.54, 1.807) is 0 Å². The molecule has 11 rings (SSSR count). The molecule has 4 aliphatic carbocycles. The number of ether oxygens (including phenoxy) is 12. The number of hydrogen-bond acceptors (Lipinski definition) is 27. The Hall–Kier alpha value is -1.34. The number of fused-ring (bicyclic) bond motifs is 7. The van der Waals surface area contributed by atoms with Crippen LogP contribution in [0, 0.1) is 46.3 Å². The summed E-state index contributed by atoms with van der Waals surface area (Å²) in [5.41, 5.74) is 0.849. The molecule has 27 heteroatoms. The Kier molecular flexibility index (Phi) is 18.4. The molecule has 1 spiro atoms. The van der Waals surface area contributed by atoms with Gasteiger partial charge in [-0.1, -0.05) is 39.3 Å². The van der Waals surface area contributed by atoms with Crippen molar-refractivity contribution in [3.05, 3.63) is 11.6 Å². The summed E-state index contributed by atoms with van der Waals surface area (Å²) in [4.78, 5) is 0. The van der Waals surface area contributed by atoms with Gasteiger partial charge in [0.15, 0.2) is 37.2 Å². The van der Waals surface area contributed by atoms with Crippen LogP contribution in [-0.2, 0) is 56.8 Å². The first kappa shape index (κ1) is 62.3. The van der Waals surface area contributed by atoms with E-state index in [1.165, 1.54) is 0 Å². The van der Waals surface area contributed by atoms with E-state index < -0.39 is 192 Å². The molecule has 7 saturated heterocycles. The molecule has 470 valence electrons. The minimum atomic E-state index is -2.13. The summed E-state index contributed by atoms with van der Waals surface area (Å²) in [7, 11) is 0. The van der Waals surface area contributed by atoms with Gasteiger partial charge >= 0.3 is 0 Å². The van der Waals surface area contributed by atoms with Gasteiger partial charge in [0, 0.05) is 12.3 Å².